The van der Waals surface area contributed by atoms with Crippen molar-refractivity contribution in [2.75, 3.05) is 13.2 Å². The Bertz CT molecular complexity index is 575. The molecule has 19 heavy (non-hydrogen) atoms. The van der Waals surface area contributed by atoms with Gasteiger partial charge in [-0.05, 0) is 25.5 Å². The summed E-state index contributed by atoms with van der Waals surface area (Å²) in [5.41, 5.74) is 0.995. The van der Waals surface area contributed by atoms with Gasteiger partial charge in [0.2, 0.25) is 10.0 Å². The molecule has 0 unspecified atom stereocenters. The molecule has 102 valence electrons. The van der Waals surface area contributed by atoms with Gasteiger partial charge in [-0.2, -0.15) is 5.26 Å². The summed E-state index contributed by atoms with van der Waals surface area (Å²) in [4.78, 5) is 0.209. The number of sulfonamides is 1. The highest BCUT2D eigenvalue weighted by Gasteiger charge is 2.30. The van der Waals surface area contributed by atoms with Crippen LogP contribution in [0, 0.1) is 24.2 Å². The molecular weight excluding hydrogens is 264 g/mol. The van der Waals surface area contributed by atoms with E-state index in [9.17, 15) is 8.42 Å². The Labute approximate surface area is 113 Å². The van der Waals surface area contributed by atoms with E-state index >= 15 is 0 Å². The van der Waals surface area contributed by atoms with E-state index in [-0.39, 0.29) is 17.4 Å². The zero-order chi connectivity index (χ0) is 13.9. The Hall–Kier alpha value is -1.42. The van der Waals surface area contributed by atoms with Crippen LogP contribution in [0.5, 0.6) is 0 Å². The number of hydrogen-bond acceptors (Lipinski definition) is 4. The summed E-state index contributed by atoms with van der Waals surface area (Å²) in [5, 5.41) is 9.02. The van der Waals surface area contributed by atoms with E-state index < -0.39 is 16.1 Å². The largest absolute Gasteiger partial charge is 0.380 e. The number of rotatable bonds is 3. The summed E-state index contributed by atoms with van der Waals surface area (Å²) in [6.07, 6.45) is 0.553. The Balaban J connectivity index is 2.17. The third kappa shape index (κ3) is 3.32. The van der Waals surface area contributed by atoms with Crippen LogP contribution in [0.4, 0.5) is 0 Å². The second kappa shape index (κ2) is 5.70. The van der Waals surface area contributed by atoms with E-state index in [1.54, 1.807) is 24.3 Å². The fraction of sp³-hybridized carbons (Fsp3) is 0.462. The molecule has 1 N–H and O–H groups in total. The van der Waals surface area contributed by atoms with Gasteiger partial charge in [0.05, 0.1) is 29.5 Å². The van der Waals surface area contributed by atoms with Crippen molar-refractivity contribution >= 4 is 10.0 Å². The fourth-order valence-electron chi connectivity index (χ4n) is 1.99. The third-order valence-electron chi connectivity index (χ3n) is 3.16. The number of aryl methyl sites for hydroxylation is 1. The van der Waals surface area contributed by atoms with Gasteiger partial charge in [0.1, 0.15) is 0 Å². The fourth-order valence-corrected chi connectivity index (χ4v) is 3.25. The van der Waals surface area contributed by atoms with Gasteiger partial charge in [-0.3, -0.25) is 0 Å². The van der Waals surface area contributed by atoms with Crippen LogP contribution in [-0.4, -0.2) is 27.7 Å². The van der Waals surface area contributed by atoms with Crippen molar-refractivity contribution in [3.63, 3.8) is 0 Å². The van der Waals surface area contributed by atoms with Crippen molar-refractivity contribution in [1.29, 1.82) is 5.26 Å². The lowest BCUT2D eigenvalue weighted by Crippen LogP contribution is -2.45. The van der Waals surface area contributed by atoms with Crippen LogP contribution < -0.4 is 4.72 Å². The van der Waals surface area contributed by atoms with Crippen molar-refractivity contribution in [1.82, 2.24) is 4.72 Å². The molecule has 1 heterocycles. The Morgan fingerprint density at radius 2 is 2.05 bits per heavy atom. The maximum absolute atomic E-state index is 12.2. The summed E-state index contributed by atoms with van der Waals surface area (Å²) < 4.78 is 32.2. The van der Waals surface area contributed by atoms with E-state index in [0.717, 1.165) is 5.56 Å². The maximum Gasteiger partial charge on any atom is 0.240 e. The second-order valence-corrected chi connectivity index (χ2v) is 6.35. The molecule has 0 aliphatic carbocycles. The van der Waals surface area contributed by atoms with Gasteiger partial charge in [-0.1, -0.05) is 17.7 Å². The Kier molecular flexibility index (Phi) is 4.20. The second-order valence-electron chi connectivity index (χ2n) is 4.64. The molecule has 0 aromatic heterocycles. The molecule has 5 nitrogen and oxygen atoms in total. The average molecular weight is 280 g/mol. The Morgan fingerprint density at radius 3 is 2.68 bits per heavy atom. The first-order valence-electron chi connectivity index (χ1n) is 6.09. The molecule has 1 aromatic rings. The van der Waals surface area contributed by atoms with Crippen molar-refractivity contribution in [3.8, 4) is 6.07 Å². The Morgan fingerprint density at radius 1 is 1.37 bits per heavy atom. The summed E-state index contributed by atoms with van der Waals surface area (Å²) in [6.45, 7) is 2.63. The molecule has 0 amide bonds. The molecule has 0 spiro atoms. The van der Waals surface area contributed by atoms with Crippen LogP contribution in [0.25, 0.3) is 0 Å². The van der Waals surface area contributed by atoms with Gasteiger partial charge in [-0.15, -0.1) is 0 Å². The van der Waals surface area contributed by atoms with E-state index in [1.807, 2.05) is 6.92 Å². The minimum Gasteiger partial charge on any atom is -0.380 e. The lowest BCUT2D eigenvalue weighted by Gasteiger charge is -2.27. The van der Waals surface area contributed by atoms with Crippen LogP contribution in [0.2, 0.25) is 0 Å². The van der Waals surface area contributed by atoms with E-state index in [4.69, 9.17) is 10.00 Å². The molecule has 0 radical (unpaired) electrons. The van der Waals surface area contributed by atoms with Crippen molar-refractivity contribution in [2.24, 2.45) is 5.92 Å². The van der Waals surface area contributed by atoms with Crippen LogP contribution in [0.1, 0.15) is 12.0 Å². The van der Waals surface area contributed by atoms with E-state index in [2.05, 4.69) is 10.8 Å². The number of hydrogen-bond donors (Lipinski definition) is 1. The highest BCUT2D eigenvalue weighted by atomic mass is 32.2. The third-order valence-corrected chi connectivity index (χ3v) is 4.67. The van der Waals surface area contributed by atoms with Crippen LogP contribution >= 0.6 is 0 Å². The first kappa shape index (κ1) is 14.0. The molecule has 6 heteroatoms. The van der Waals surface area contributed by atoms with Gasteiger partial charge in [0.25, 0.3) is 0 Å². The molecule has 1 aliphatic heterocycles. The molecule has 1 fully saturated rings. The summed E-state index contributed by atoms with van der Waals surface area (Å²) in [7, 11) is -3.60. The lowest BCUT2D eigenvalue weighted by molar-refractivity contribution is 0.0587. The summed E-state index contributed by atoms with van der Waals surface area (Å²) in [6, 6.07) is 8.25. The van der Waals surface area contributed by atoms with Crippen LogP contribution in [0.3, 0.4) is 0 Å². The molecule has 1 aliphatic rings. The number of nitrogens with zero attached hydrogens (tertiary/aromatic N) is 1. The van der Waals surface area contributed by atoms with E-state index in [0.29, 0.717) is 13.0 Å². The maximum atomic E-state index is 12.2. The van der Waals surface area contributed by atoms with Gasteiger partial charge >= 0.3 is 0 Å². The first-order chi connectivity index (χ1) is 9.03. The number of benzene rings is 1. The number of nitriles is 1. The number of ether oxygens (including phenoxy) is 1. The topological polar surface area (TPSA) is 79.2 Å². The molecule has 2 rings (SSSR count). The van der Waals surface area contributed by atoms with Gasteiger partial charge in [0.15, 0.2) is 0 Å². The minimum atomic E-state index is -3.60. The predicted octanol–water partition coefficient (Wildman–Crippen LogP) is 1.20. The minimum absolute atomic E-state index is 0.209. The summed E-state index contributed by atoms with van der Waals surface area (Å²) >= 11 is 0. The first-order valence-corrected chi connectivity index (χ1v) is 7.57. The lowest BCUT2D eigenvalue weighted by atomic mass is 9.98. The van der Waals surface area contributed by atoms with Gasteiger partial charge in [-0.25, -0.2) is 13.1 Å². The standard InChI is InChI=1S/C13H16N2O3S/c1-10-2-4-12(5-3-10)19(16,17)15-13-9-18-7-6-11(13)8-14/h2-5,11,13,15H,6-7,9H2,1H3/t11-,13+/m0/s1. The normalized spacial score (nSPS) is 23.8. The molecule has 0 saturated carbocycles. The molecule has 0 bridgehead atoms. The van der Waals surface area contributed by atoms with Crippen molar-refractivity contribution in [3.05, 3.63) is 29.8 Å². The summed E-state index contributed by atoms with van der Waals surface area (Å²) in [5.74, 6) is -0.339. The van der Waals surface area contributed by atoms with Crippen LogP contribution in [-0.2, 0) is 14.8 Å². The predicted molar refractivity (Wildman–Crippen MR) is 69.8 cm³/mol. The molecule has 2 atom stereocenters. The van der Waals surface area contributed by atoms with Crippen molar-refractivity contribution in [2.45, 2.75) is 24.3 Å². The molecular formula is C13H16N2O3S. The average Bonchev–Trinajstić information content (AvgIpc) is 2.39. The monoisotopic (exact) mass is 280 g/mol. The zero-order valence-electron chi connectivity index (χ0n) is 10.7. The van der Waals surface area contributed by atoms with E-state index in [1.165, 1.54) is 0 Å². The van der Waals surface area contributed by atoms with Crippen molar-refractivity contribution < 1.29 is 13.2 Å². The SMILES string of the molecule is Cc1ccc(S(=O)(=O)N[C@@H]2COCC[C@H]2C#N)cc1. The number of nitrogens with one attached hydrogen (secondary N) is 1. The molecule has 1 aromatic carbocycles. The zero-order valence-corrected chi connectivity index (χ0v) is 11.5. The quantitative estimate of drug-likeness (QED) is 0.902. The smallest absolute Gasteiger partial charge is 0.240 e. The molecule has 1 saturated heterocycles. The highest BCUT2D eigenvalue weighted by Crippen LogP contribution is 2.18. The van der Waals surface area contributed by atoms with Gasteiger partial charge in [0, 0.05) is 6.61 Å². The van der Waals surface area contributed by atoms with Crippen LogP contribution in [0.15, 0.2) is 29.2 Å². The van der Waals surface area contributed by atoms with Gasteiger partial charge < -0.3 is 4.74 Å². The highest BCUT2D eigenvalue weighted by molar-refractivity contribution is 7.89.